The van der Waals surface area contributed by atoms with E-state index in [0.717, 1.165) is 0 Å². The summed E-state index contributed by atoms with van der Waals surface area (Å²) in [4.78, 5) is 22.8. The number of phenols is 3. The molecule has 0 aliphatic carbocycles. The zero-order chi connectivity index (χ0) is 17.9. The third kappa shape index (κ3) is 3.08. The molecule has 0 fully saturated rings. The van der Waals surface area contributed by atoms with Crippen LogP contribution in [-0.4, -0.2) is 34.5 Å². The average Bonchev–Trinajstić information content (AvgIpc) is 2.61. The molecule has 0 amide bonds. The minimum absolute atomic E-state index is 0.0724. The van der Waals surface area contributed by atoms with Gasteiger partial charge in [-0.1, -0.05) is 24.3 Å². The summed E-state index contributed by atoms with van der Waals surface area (Å²) in [6.45, 7) is 1.50. The molecule has 0 aliphatic rings. The predicted octanol–water partition coefficient (Wildman–Crippen LogP) is 2.83. The van der Waals surface area contributed by atoms with Gasteiger partial charge in [0.2, 0.25) is 5.75 Å². The summed E-state index contributed by atoms with van der Waals surface area (Å²) in [5.41, 5.74) is 1.11. The molecule has 0 bridgehead atoms. The second-order valence-electron chi connectivity index (χ2n) is 5.06. The second-order valence-corrected chi connectivity index (χ2v) is 5.06. The number of aromatic hydroxyl groups is 3. The fourth-order valence-corrected chi connectivity index (χ4v) is 2.23. The molecule has 0 heterocycles. The summed E-state index contributed by atoms with van der Waals surface area (Å²) in [5, 5.41) is 29.4. The zero-order valence-electron chi connectivity index (χ0n) is 13.1. The van der Waals surface area contributed by atoms with Crippen LogP contribution in [-0.2, 0) is 0 Å². The van der Waals surface area contributed by atoms with Gasteiger partial charge in [0.25, 0.3) is 0 Å². The van der Waals surface area contributed by atoms with Crippen LogP contribution >= 0.6 is 0 Å². The molecule has 0 saturated heterocycles. The van der Waals surface area contributed by atoms with Gasteiger partial charge < -0.3 is 20.1 Å². The lowest BCUT2D eigenvalue weighted by atomic mass is 10.0. The number of benzene rings is 2. The maximum atomic E-state index is 12.2. The monoisotopic (exact) mass is 328 g/mol. The van der Waals surface area contributed by atoms with Gasteiger partial charge in [-0.3, -0.25) is 9.59 Å². The smallest absolute Gasteiger partial charge is 0.201 e. The largest absolute Gasteiger partial charge is 0.504 e. The van der Waals surface area contributed by atoms with Crippen LogP contribution in [0.25, 0.3) is 6.08 Å². The number of ether oxygens (including phenoxy) is 1. The Hall–Kier alpha value is -3.28. The summed E-state index contributed by atoms with van der Waals surface area (Å²) < 4.78 is 5.13. The van der Waals surface area contributed by atoms with E-state index in [1.807, 2.05) is 0 Å². The van der Waals surface area contributed by atoms with E-state index in [4.69, 9.17) is 4.74 Å². The Morgan fingerprint density at radius 2 is 1.67 bits per heavy atom. The Morgan fingerprint density at radius 3 is 2.21 bits per heavy atom. The van der Waals surface area contributed by atoms with Crippen molar-refractivity contribution in [3.63, 3.8) is 0 Å². The molecule has 6 nitrogen and oxygen atoms in total. The van der Waals surface area contributed by atoms with Gasteiger partial charge in [-0.15, -0.1) is 0 Å². The fourth-order valence-electron chi connectivity index (χ4n) is 2.23. The van der Waals surface area contributed by atoms with E-state index in [1.165, 1.54) is 50.5 Å². The maximum absolute atomic E-state index is 12.2. The van der Waals surface area contributed by atoms with Gasteiger partial charge in [0.15, 0.2) is 17.3 Å². The molecule has 0 aromatic heterocycles. The quantitative estimate of drug-likeness (QED) is 0.337. The van der Waals surface area contributed by atoms with Crippen LogP contribution in [0.1, 0.15) is 31.8 Å². The van der Waals surface area contributed by atoms with E-state index in [0.29, 0.717) is 17.4 Å². The number of ketones is 1. The first-order valence-corrected chi connectivity index (χ1v) is 6.99. The third-order valence-corrected chi connectivity index (χ3v) is 3.58. The molecule has 0 spiro atoms. The highest BCUT2D eigenvalue weighted by atomic mass is 16.5. The molecule has 3 N–H and O–H groups in total. The number of rotatable bonds is 5. The lowest BCUT2D eigenvalue weighted by Crippen LogP contribution is -1.96. The van der Waals surface area contributed by atoms with Crippen LogP contribution in [0.3, 0.4) is 0 Å². The Morgan fingerprint density at radius 1 is 1.04 bits per heavy atom. The van der Waals surface area contributed by atoms with Crippen molar-refractivity contribution in [1.29, 1.82) is 0 Å². The lowest BCUT2D eigenvalue weighted by Gasteiger charge is -2.13. The minimum Gasteiger partial charge on any atom is -0.504 e. The topological polar surface area (TPSA) is 104 Å². The summed E-state index contributed by atoms with van der Waals surface area (Å²) in [7, 11) is 1.34. The van der Waals surface area contributed by atoms with Crippen molar-refractivity contribution in [3.8, 4) is 23.0 Å². The van der Waals surface area contributed by atoms with Gasteiger partial charge in [-0.25, -0.2) is 0 Å². The van der Waals surface area contributed by atoms with E-state index in [1.54, 1.807) is 0 Å². The normalized spacial score (nSPS) is 10.8. The van der Waals surface area contributed by atoms with Crippen LogP contribution in [0.4, 0.5) is 0 Å². The van der Waals surface area contributed by atoms with E-state index < -0.39 is 17.2 Å². The Bertz CT molecular complexity index is 819. The Balaban J connectivity index is 2.40. The van der Waals surface area contributed by atoms with Crippen LogP contribution in [0, 0.1) is 6.92 Å². The molecular formula is C18H16O6. The van der Waals surface area contributed by atoms with Crippen LogP contribution in [0.2, 0.25) is 0 Å². The van der Waals surface area contributed by atoms with Crippen LogP contribution in [0.15, 0.2) is 30.3 Å². The highest BCUT2D eigenvalue weighted by molar-refractivity contribution is 6.07. The zero-order valence-corrected chi connectivity index (χ0v) is 13.1. The highest BCUT2D eigenvalue weighted by Crippen LogP contribution is 2.47. The van der Waals surface area contributed by atoms with Crippen molar-refractivity contribution in [2.75, 3.05) is 7.11 Å². The van der Waals surface area contributed by atoms with E-state index in [2.05, 4.69) is 0 Å². The van der Waals surface area contributed by atoms with E-state index >= 15 is 0 Å². The highest BCUT2D eigenvalue weighted by Gasteiger charge is 2.20. The Labute approximate surface area is 138 Å². The number of allylic oxidation sites excluding steroid dienone is 1. The number of phenolic OH excluding ortho intramolecular Hbond substituents is 3. The number of hydrogen-bond acceptors (Lipinski definition) is 6. The molecule has 24 heavy (non-hydrogen) atoms. The molecule has 2 rings (SSSR count). The summed E-state index contributed by atoms with van der Waals surface area (Å²) in [6.07, 6.45) is 3.16. The van der Waals surface area contributed by atoms with E-state index in [-0.39, 0.29) is 22.7 Å². The van der Waals surface area contributed by atoms with Crippen molar-refractivity contribution in [2.24, 2.45) is 0 Å². The first-order valence-electron chi connectivity index (χ1n) is 6.99. The summed E-state index contributed by atoms with van der Waals surface area (Å²) in [5.74, 6) is -1.98. The van der Waals surface area contributed by atoms with Crippen molar-refractivity contribution in [3.05, 3.63) is 52.6 Å². The SMILES string of the molecule is COc1c(C)c(O)c(O)c(O)c1/C=C/C(=O)c1ccc(C=O)cc1. The molecule has 2 aromatic rings. The molecular weight excluding hydrogens is 312 g/mol. The van der Waals surface area contributed by atoms with Crippen molar-refractivity contribution in [1.82, 2.24) is 0 Å². The first kappa shape index (κ1) is 17.1. The second kappa shape index (κ2) is 6.87. The molecule has 0 saturated carbocycles. The molecule has 2 aromatic carbocycles. The van der Waals surface area contributed by atoms with Crippen LogP contribution < -0.4 is 4.74 Å². The van der Waals surface area contributed by atoms with Crippen molar-refractivity contribution < 1.29 is 29.6 Å². The minimum atomic E-state index is -0.685. The average molecular weight is 328 g/mol. The standard InChI is InChI=1S/C18H16O6/c1-10-15(21)17(23)16(22)13(18(10)24-2)7-8-14(20)12-5-3-11(9-19)4-6-12/h3-9,21-23H,1-2H3/b8-7+. The molecule has 0 aliphatic heterocycles. The van der Waals surface area contributed by atoms with Crippen molar-refractivity contribution in [2.45, 2.75) is 6.92 Å². The molecule has 6 heteroatoms. The van der Waals surface area contributed by atoms with Gasteiger partial charge in [0.1, 0.15) is 12.0 Å². The van der Waals surface area contributed by atoms with Gasteiger partial charge in [-0.2, -0.15) is 0 Å². The lowest BCUT2D eigenvalue weighted by molar-refractivity contribution is 0.104. The van der Waals surface area contributed by atoms with Gasteiger partial charge in [0, 0.05) is 16.7 Å². The maximum Gasteiger partial charge on any atom is 0.201 e. The first-order chi connectivity index (χ1) is 11.4. The molecule has 0 unspecified atom stereocenters. The molecule has 0 atom stereocenters. The molecule has 0 radical (unpaired) electrons. The number of aldehydes is 1. The van der Waals surface area contributed by atoms with Crippen LogP contribution in [0.5, 0.6) is 23.0 Å². The fraction of sp³-hybridized carbons (Fsp3) is 0.111. The summed E-state index contributed by atoms with van der Waals surface area (Å²) in [6, 6.07) is 6.05. The number of carbonyl (C=O) groups is 2. The summed E-state index contributed by atoms with van der Waals surface area (Å²) >= 11 is 0. The molecule has 124 valence electrons. The number of methoxy groups -OCH3 is 1. The van der Waals surface area contributed by atoms with E-state index in [9.17, 15) is 24.9 Å². The number of hydrogen-bond donors (Lipinski definition) is 3. The number of carbonyl (C=O) groups excluding carboxylic acids is 2. The van der Waals surface area contributed by atoms with Gasteiger partial charge in [0.05, 0.1) is 12.7 Å². The van der Waals surface area contributed by atoms with Gasteiger partial charge >= 0.3 is 0 Å². The van der Waals surface area contributed by atoms with Crippen molar-refractivity contribution >= 4 is 18.1 Å². The predicted molar refractivity (Wildman–Crippen MR) is 87.9 cm³/mol. The third-order valence-electron chi connectivity index (χ3n) is 3.58. The van der Waals surface area contributed by atoms with Gasteiger partial charge in [-0.05, 0) is 19.1 Å². The Kier molecular flexibility index (Phi) is 4.89.